The Bertz CT molecular complexity index is 654. The van der Waals surface area contributed by atoms with Gasteiger partial charge >= 0.3 is 0 Å². The van der Waals surface area contributed by atoms with E-state index in [2.05, 4.69) is 45.9 Å². The zero-order valence-electron chi connectivity index (χ0n) is 13.0. The molecule has 0 atom stereocenters. The van der Waals surface area contributed by atoms with Gasteiger partial charge in [0.2, 0.25) is 0 Å². The maximum absolute atomic E-state index is 5.05. The summed E-state index contributed by atoms with van der Waals surface area (Å²) in [4.78, 5) is 5.05. The molecular formula is C19H23N. The summed E-state index contributed by atoms with van der Waals surface area (Å²) in [5.74, 6) is 1.19. The Labute approximate surface area is 121 Å². The minimum atomic E-state index is 0.312. The number of hydrogen-bond acceptors (Lipinski definition) is 1. The molecule has 20 heavy (non-hydrogen) atoms. The third kappa shape index (κ3) is 1.47. The van der Waals surface area contributed by atoms with Gasteiger partial charge in [0.15, 0.2) is 0 Å². The lowest BCUT2D eigenvalue weighted by atomic mass is 9.90. The van der Waals surface area contributed by atoms with Gasteiger partial charge in [-0.1, -0.05) is 45.9 Å². The minimum Gasteiger partial charge on any atom is -0.260 e. The number of benzene rings is 1. The van der Waals surface area contributed by atoms with Crippen LogP contribution in [0.1, 0.15) is 69.6 Å². The number of hydrogen-bond donors (Lipinski definition) is 0. The number of rotatable bonds is 2. The molecule has 1 spiro atoms. The van der Waals surface area contributed by atoms with Crippen molar-refractivity contribution in [1.82, 2.24) is 0 Å². The molecule has 1 fully saturated rings. The van der Waals surface area contributed by atoms with Crippen LogP contribution in [0.2, 0.25) is 0 Å². The van der Waals surface area contributed by atoms with Gasteiger partial charge in [0.1, 0.15) is 0 Å². The van der Waals surface area contributed by atoms with Crippen LogP contribution in [0.15, 0.2) is 28.9 Å². The second kappa shape index (κ2) is 3.84. The second-order valence-corrected chi connectivity index (χ2v) is 7.30. The molecule has 1 saturated carbocycles. The lowest BCUT2D eigenvalue weighted by Gasteiger charge is -2.16. The Balaban J connectivity index is 1.82. The molecule has 104 valence electrons. The lowest BCUT2D eigenvalue weighted by Crippen LogP contribution is -2.10. The fourth-order valence-corrected chi connectivity index (χ4v) is 3.81. The van der Waals surface area contributed by atoms with Gasteiger partial charge in [-0.25, -0.2) is 0 Å². The standard InChI is InChI=1S/C19H23N/c1-11(2)13-5-6-14-15-10-17(12(3)4)20-18(15)19(7-8-19)16(14)9-13/h5-6,9,11-12H,7-8,10H2,1-4H3. The molecule has 3 aliphatic rings. The van der Waals surface area contributed by atoms with Gasteiger partial charge in [-0.3, -0.25) is 4.99 Å². The first-order valence-electron chi connectivity index (χ1n) is 7.99. The van der Waals surface area contributed by atoms with E-state index >= 15 is 0 Å². The summed E-state index contributed by atoms with van der Waals surface area (Å²) in [6.45, 7) is 9.10. The van der Waals surface area contributed by atoms with Crippen LogP contribution < -0.4 is 0 Å². The fourth-order valence-electron chi connectivity index (χ4n) is 3.81. The molecule has 0 saturated heterocycles. The molecule has 0 N–H and O–H groups in total. The molecule has 2 aliphatic carbocycles. The largest absolute Gasteiger partial charge is 0.260 e. The van der Waals surface area contributed by atoms with Crippen molar-refractivity contribution in [2.24, 2.45) is 10.9 Å². The Morgan fingerprint density at radius 2 is 1.80 bits per heavy atom. The SMILES string of the molecule is CC(C)C1=NC2=C(C1)c1ccc(C(C)C)cc1C21CC1. The molecular weight excluding hydrogens is 242 g/mol. The highest BCUT2D eigenvalue weighted by molar-refractivity contribution is 6.04. The van der Waals surface area contributed by atoms with Gasteiger partial charge in [-0.2, -0.15) is 0 Å². The third-order valence-electron chi connectivity index (χ3n) is 5.32. The summed E-state index contributed by atoms with van der Waals surface area (Å²) in [6.07, 6.45) is 3.69. The number of aliphatic imine (C=N–C) groups is 1. The van der Waals surface area contributed by atoms with Crippen molar-refractivity contribution in [3.05, 3.63) is 40.6 Å². The van der Waals surface area contributed by atoms with Gasteiger partial charge in [-0.05, 0) is 46.9 Å². The first-order chi connectivity index (χ1) is 9.53. The zero-order chi connectivity index (χ0) is 14.1. The quantitative estimate of drug-likeness (QED) is 0.708. The van der Waals surface area contributed by atoms with E-state index in [4.69, 9.17) is 4.99 Å². The second-order valence-electron chi connectivity index (χ2n) is 7.30. The van der Waals surface area contributed by atoms with Crippen LogP contribution in [-0.2, 0) is 5.41 Å². The Kier molecular flexibility index (Phi) is 2.38. The van der Waals surface area contributed by atoms with E-state index in [1.807, 2.05) is 0 Å². The summed E-state index contributed by atoms with van der Waals surface area (Å²) in [5, 5.41) is 0. The highest BCUT2D eigenvalue weighted by Crippen LogP contribution is 2.64. The van der Waals surface area contributed by atoms with Gasteiger partial charge in [-0.15, -0.1) is 0 Å². The van der Waals surface area contributed by atoms with Crippen LogP contribution in [0.3, 0.4) is 0 Å². The van der Waals surface area contributed by atoms with Gasteiger partial charge in [0, 0.05) is 17.5 Å². The summed E-state index contributed by atoms with van der Waals surface area (Å²) < 4.78 is 0. The van der Waals surface area contributed by atoms with Gasteiger partial charge in [0.25, 0.3) is 0 Å². The van der Waals surface area contributed by atoms with Crippen molar-refractivity contribution in [2.75, 3.05) is 0 Å². The molecule has 1 aromatic rings. The molecule has 1 heterocycles. The van der Waals surface area contributed by atoms with Crippen molar-refractivity contribution in [1.29, 1.82) is 0 Å². The first kappa shape index (κ1) is 12.4. The van der Waals surface area contributed by atoms with Gasteiger partial charge < -0.3 is 0 Å². The highest BCUT2D eigenvalue weighted by atomic mass is 14.9. The van der Waals surface area contributed by atoms with E-state index < -0.39 is 0 Å². The Hall–Kier alpha value is -1.37. The monoisotopic (exact) mass is 265 g/mol. The minimum absolute atomic E-state index is 0.312. The van der Waals surface area contributed by atoms with E-state index in [-0.39, 0.29) is 0 Å². The molecule has 1 aromatic carbocycles. The maximum atomic E-state index is 5.05. The Morgan fingerprint density at radius 1 is 1.05 bits per heavy atom. The van der Waals surface area contributed by atoms with Crippen LogP contribution in [0, 0.1) is 5.92 Å². The smallest absolute Gasteiger partial charge is 0.0550 e. The normalized spacial score (nSPS) is 21.8. The molecule has 1 aliphatic heterocycles. The fraction of sp³-hybridized carbons (Fsp3) is 0.526. The van der Waals surface area contributed by atoms with Crippen LogP contribution >= 0.6 is 0 Å². The summed E-state index contributed by atoms with van der Waals surface area (Å²) in [6, 6.07) is 7.16. The van der Waals surface area contributed by atoms with Crippen molar-refractivity contribution < 1.29 is 0 Å². The molecule has 0 amide bonds. The third-order valence-corrected chi connectivity index (χ3v) is 5.32. The van der Waals surface area contributed by atoms with Crippen molar-refractivity contribution >= 4 is 11.3 Å². The van der Waals surface area contributed by atoms with E-state index in [1.54, 1.807) is 5.56 Å². The van der Waals surface area contributed by atoms with Crippen LogP contribution in [0.4, 0.5) is 0 Å². The van der Waals surface area contributed by atoms with E-state index in [1.165, 1.54) is 41.0 Å². The van der Waals surface area contributed by atoms with E-state index in [0.717, 1.165) is 6.42 Å². The highest BCUT2D eigenvalue weighted by Gasteiger charge is 2.55. The predicted octanol–water partition coefficient (Wildman–Crippen LogP) is 5.07. The van der Waals surface area contributed by atoms with E-state index in [9.17, 15) is 0 Å². The molecule has 0 radical (unpaired) electrons. The zero-order valence-corrected chi connectivity index (χ0v) is 13.0. The molecule has 1 heteroatoms. The van der Waals surface area contributed by atoms with Crippen LogP contribution in [0.5, 0.6) is 0 Å². The molecule has 0 aromatic heterocycles. The number of nitrogens with zero attached hydrogens (tertiary/aromatic N) is 1. The average Bonchev–Trinajstić information content (AvgIpc) is 3.02. The molecule has 0 bridgehead atoms. The topological polar surface area (TPSA) is 12.4 Å². The maximum Gasteiger partial charge on any atom is 0.0550 e. The lowest BCUT2D eigenvalue weighted by molar-refractivity contribution is 0.807. The van der Waals surface area contributed by atoms with Crippen molar-refractivity contribution in [3.63, 3.8) is 0 Å². The number of allylic oxidation sites excluding steroid dienone is 2. The van der Waals surface area contributed by atoms with E-state index in [0.29, 0.717) is 17.3 Å². The average molecular weight is 265 g/mol. The predicted molar refractivity (Wildman–Crippen MR) is 85.3 cm³/mol. The molecule has 0 unspecified atom stereocenters. The van der Waals surface area contributed by atoms with Crippen molar-refractivity contribution in [3.8, 4) is 0 Å². The summed E-state index contributed by atoms with van der Waals surface area (Å²) in [7, 11) is 0. The van der Waals surface area contributed by atoms with Crippen LogP contribution in [0.25, 0.3) is 5.57 Å². The number of fused-ring (bicyclic) bond motifs is 4. The van der Waals surface area contributed by atoms with Gasteiger partial charge in [0.05, 0.1) is 5.70 Å². The summed E-state index contributed by atoms with van der Waals surface area (Å²) in [5.41, 5.74) is 9.23. The molecule has 4 rings (SSSR count). The Morgan fingerprint density at radius 3 is 2.40 bits per heavy atom. The van der Waals surface area contributed by atoms with Crippen LogP contribution in [-0.4, -0.2) is 5.71 Å². The first-order valence-corrected chi connectivity index (χ1v) is 7.99. The summed E-state index contributed by atoms with van der Waals surface area (Å²) >= 11 is 0. The molecule has 1 nitrogen and oxygen atoms in total. The van der Waals surface area contributed by atoms with Crippen molar-refractivity contribution in [2.45, 2.75) is 58.3 Å².